The van der Waals surface area contributed by atoms with Gasteiger partial charge in [0.15, 0.2) is 5.05 Å². The molecule has 0 aliphatic heterocycles. The number of carbonyl (C=O) groups excluding carboxylic acids is 2. The van der Waals surface area contributed by atoms with Gasteiger partial charge in [-0.1, -0.05) is 48.5 Å². The van der Waals surface area contributed by atoms with Crippen LogP contribution in [-0.4, -0.2) is 48.6 Å². The van der Waals surface area contributed by atoms with Crippen LogP contribution in [0.1, 0.15) is 64.0 Å². The van der Waals surface area contributed by atoms with Crippen LogP contribution in [-0.2, 0) is 14.2 Å². The summed E-state index contributed by atoms with van der Waals surface area (Å²) in [7, 11) is 0. The number of carbonyl (C=O) groups is 2. The highest BCUT2D eigenvalue weighted by atomic mass is 32.1. The molecule has 0 saturated heterocycles. The molecule has 0 spiro atoms. The van der Waals surface area contributed by atoms with Crippen LogP contribution in [0.2, 0.25) is 0 Å². The van der Waals surface area contributed by atoms with E-state index in [-0.39, 0.29) is 12.5 Å². The van der Waals surface area contributed by atoms with E-state index in [1.54, 1.807) is 0 Å². The van der Waals surface area contributed by atoms with Gasteiger partial charge in [-0.25, -0.2) is 9.59 Å². The molecule has 194 valence electrons. The first-order chi connectivity index (χ1) is 17.2. The van der Waals surface area contributed by atoms with Crippen LogP contribution in [0, 0.1) is 0 Å². The molecule has 2 aromatic carbocycles. The standard InChI is InChI=1S/C28H36N2O5S/c1-5-33-25(36)24(16-10-11-17-29-26(31)35-28(2,3)4)30-27(32)34-18-23-21-14-8-6-12-19(21)20-13-7-9-15-22(20)23/h6-9,12-15,23-24H,5,10-11,16-18H2,1-4H3,(H,29,31)(H,30,32)/t24-/m0/s1. The lowest BCUT2D eigenvalue weighted by Gasteiger charge is -2.21. The number of amides is 2. The van der Waals surface area contributed by atoms with Crippen molar-refractivity contribution in [1.29, 1.82) is 0 Å². The first kappa shape index (κ1) is 27.5. The van der Waals surface area contributed by atoms with Crippen molar-refractivity contribution >= 4 is 29.5 Å². The van der Waals surface area contributed by atoms with Gasteiger partial charge in [0.25, 0.3) is 0 Å². The maximum absolute atomic E-state index is 12.7. The predicted octanol–water partition coefficient (Wildman–Crippen LogP) is 5.95. The Hall–Kier alpha value is -3.13. The molecule has 0 bridgehead atoms. The summed E-state index contributed by atoms with van der Waals surface area (Å²) in [6.07, 6.45) is 1.02. The van der Waals surface area contributed by atoms with E-state index in [2.05, 4.69) is 34.9 Å². The first-order valence-corrected chi connectivity index (χ1v) is 12.9. The second-order valence-corrected chi connectivity index (χ2v) is 10.1. The number of rotatable bonds is 10. The van der Waals surface area contributed by atoms with Gasteiger partial charge in [-0.05, 0) is 81.4 Å². The fourth-order valence-electron chi connectivity index (χ4n) is 4.25. The van der Waals surface area contributed by atoms with E-state index in [0.717, 1.165) is 17.5 Å². The highest BCUT2D eigenvalue weighted by molar-refractivity contribution is 7.80. The van der Waals surface area contributed by atoms with E-state index in [1.165, 1.54) is 11.1 Å². The van der Waals surface area contributed by atoms with Crippen molar-refractivity contribution in [2.75, 3.05) is 19.8 Å². The van der Waals surface area contributed by atoms with Crippen LogP contribution >= 0.6 is 12.2 Å². The second kappa shape index (κ2) is 12.7. The molecule has 2 amide bonds. The molecule has 1 atom stereocenters. The molecule has 2 aromatic rings. The summed E-state index contributed by atoms with van der Waals surface area (Å²) in [4.78, 5) is 24.5. The minimum absolute atomic E-state index is 0.0145. The molecule has 7 nitrogen and oxygen atoms in total. The smallest absolute Gasteiger partial charge is 0.407 e. The predicted molar refractivity (Wildman–Crippen MR) is 144 cm³/mol. The second-order valence-electron chi connectivity index (χ2n) is 9.70. The summed E-state index contributed by atoms with van der Waals surface area (Å²) in [5.74, 6) is -0.0145. The Bertz CT molecular complexity index is 1020. The molecule has 3 rings (SSSR count). The number of nitrogens with one attached hydrogen (secondary N) is 2. The lowest BCUT2D eigenvalue weighted by Crippen LogP contribution is -2.41. The van der Waals surface area contributed by atoms with Gasteiger partial charge in [-0.2, -0.15) is 0 Å². The van der Waals surface area contributed by atoms with Gasteiger partial charge in [0.05, 0.1) is 6.61 Å². The van der Waals surface area contributed by atoms with E-state index in [4.69, 9.17) is 26.4 Å². The van der Waals surface area contributed by atoms with Crippen molar-refractivity contribution < 1.29 is 23.8 Å². The molecule has 0 aromatic heterocycles. The molecule has 1 aliphatic rings. The van der Waals surface area contributed by atoms with E-state index < -0.39 is 23.8 Å². The molecule has 0 radical (unpaired) electrons. The molecular weight excluding hydrogens is 476 g/mol. The molecule has 36 heavy (non-hydrogen) atoms. The third kappa shape index (κ3) is 7.68. The van der Waals surface area contributed by atoms with Gasteiger partial charge >= 0.3 is 12.2 Å². The quantitative estimate of drug-likeness (QED) is 0.302. The van der Waals surface area contributed by atoms with Crippen molar-refractivity contribution in [3.05, 3.63) is 59.7 Å². The normalized spacial score (nSPS) is 13.2. The fourth-order valence-corrected chi connectivity index (χ4v) is 4.55. The van der Waals surface area contributed by atoms with Crippen molar-refractivity contribution in [1.82, 2.24) is 10.6 Å². The Kier molecular flexibility index (Phi) is 9.70. The number of hydrogen-bond donors (Lipinski definition) is 2. The SMILES string of the molecule is CCOC(=S)[C@H](CCCCNC(=O)OC(C)(C)C)NC(=O)OCC1c2ccccc2-c2ccccc21. The summed E-state index contributed by atoms with van der Waals surface area (Å²) in [6, 6.07) is 16.0. The summed E-state index contributed by atoms with van der Waals surface area (Å²) >= 11 is 5.39. The zero-order valence-electron chi connectivity index (χ0n) is 21.5. The van der Waals surface area contributed by atoms with E-state index in [1.807, 2.05) is 52.0 Å². The zero-order chi connectivity index (χ0) is 26.1. The number of hydrogen-bond acceptors (Lipinski definition) is 6. The fraction of sp³-hybridized carbons (Fsp3) is 0.464. The van der Waals surface area contributed by atoms with Crippen LogP contribution in [0.15, 0.2) is 48.5 Å². The number of thiocarbonyl (C=S) groups is 1. The van der Waals surface area contributed by atoms with Gasteiger partial charge in [0.1, 0.15) is 18.2 Å². The minimum atomic E-state index is -0.536. The maximum atomic E-state index is 12.7. The summed E-state index contributed by atoms with van der Waals surface area (Å²) in [5.41, 5.74) is 4.14. The van der Waals surface area contributed by atoms with Gasteiger partial charge in [-0.15, -0.1) is 0 Å². The molecule has 0 saturated carbocycles. The highest BCUT2D eigenvalue weighted by Crippen LogP contribution is 2.44. The highest BCUT2D eigenvalue weighted by Gasteiger charge is 2.29. The topological polar surface area (TPSA) is 85.9 Å². The van der Waals surface area contributed by atoms with E-state index >= 15 is 0 Å². The van der Waals surface area contributed by atoms with Crippen LogP contribution in [0.5, 0.6) is 0 Å². The van der Waals surface area contributed by atoms with Gasteiger partial charge in [0.2, 0.25) is 0 Å². The van der Waals surface area contributed by atoms with E-state index in [9.17, 15) is 9.59 Å². The number of benzene rings is 2. The van der Waals surface area contributed by atoms with Crippen LogP contribution < -0.4 is 10.6 Å². The Morgan fingerprint density at radius 1 is 0.944 bits per heavy atom. The Balaban J connectivity index is 1.51. The Morgan fingerprint density at radius 2 is 1.56 bits per heavy atom. The number of unbranched alkanes of at least 4 members (excludes halogenated alkanes) is 1. The van der Waals surface area contributed by atoms with Crippen molar-refractivity contribution in [2.45, 2.75) is 64.5 Å². The largest absolute Gasteiger partial charge is 0.485 e. The number of alkyl carbamates (subject to hydrolysis) is 2. The Morgan fingerprint density at radius 3 is 2.14 bits per heavy atom. The average molecular weight is 513 g/mol. The third-order valence-electron chi connectivity index (χ3n) is 5.79. The molecule has 0 fully saturated rings. The number of ether oxygens (including phenoxy) is 3. The lowest BCUT2D eigenvalue weighted by molar-refractivity contribution is 0.0527. The average Bonchev–Trinajstić information content (AvgIpc) is 3.14. The van der Waals surface area contributed by atoms with Crippen LogP contribution in [0.4, 0.5) is 9.59 Å². The zero-order valence-corrected chi connectivity index (χ0v) is 22.3. The summed E-state index contributed by atoms with van der Waals surface area (Å²) in [5, 5.41) is 5.93. The molecule has 0 heterocycles. The van der Waals surface area contributed by atoms with Crippen LogP contribution in [0.3, 0.4) is 0 Å². The number of fused-ring (bicyclic) bond motifs is 3. The summed E-state index contributed by atoms with van der Waals surface area (Å²) < 4.78 is 16.4. The molecule has 2 N–H and O–H groups in total. The monoisotopic (exact) mass is 512 g/mol. The minimum Gasteiger partial charge on any atom is -0.485 e. The first-order valence-electron chi connectivity index (χ1n) is 12.4. The van der Waals surface area contributed by atoms with Gasteiger partial charge < -0.3 is 24.8 Å². The molecular formula is C28H36N2O5S. The van der Waals surface area contributed by atoms with Gasteiger partial charge in [-0.3, -0.25) is 0 Å². The van der Waals surface area contributed by atoms with Crippen molar-refractivity contribution in [2.24, 2.45) is 0 Å². The van der Waals surface area contributed by atoms with Gasteiger partial charge in [0, 0.05) is 12.5 Å². The maximum Gasteiger partial charge on any atom is 0.407 e. The van der Waals surface area contributed by atoms with Crippen molar-refractivity contribution in [3.8, 4) is 11.1 Å². The van der Waals surface area contributed by atoms with E-state index in [0.29, 0.717) is 31.0 Å². The summed E-state index contributed by atoms with van der Waals surface area (Å²) in [6.45, 7) is 8.42. The Labute approximate surface area is 218 Å². The third-order valence-corrected chi connectivity index (χ3v) is 6.20. The van der Waals surface area contributed by atoms with Crippen LogP contribution in [0.25, 0.3) is 11.1 Å². The van der Waals surface area contributed by atoms with Crippen molar-refractivity contribution in [3.63, 3.8) is 0 Å². The molecule has 0 unspecified atom stereocenters. The lowest BCUT2D eigenvalue weighted by atomic mass is 9.98. The molecule has 8 heteroatoms. The molecule has 1 aliphatic carbocycles.